The number of ether oxygens (including phenoxy) is 2. The van der Waals surface area contributed by atoms with E-state index in [-0.39, 0.29) is 18.4 Å². The van der Waals surface area contributed by atoms with Crippen LogP contribution in [0, 0.1) is 0 Å². The van der Waals surface area contributed by atoms with Crippen LogP contribution < -0.4 is 14.8 Å². The molecule has 0 aliphatic carbocycles. The molecular weight excluding hydrogens is 298 g/mol. The van der Waals surface area contributed by atoms with Gasteiger partial charge in [-0.15, -0.1) is 0 Å². The molecule has 0 saturated carbocycles. The van der Waals surface area contributed by atoms with E-state index in [1.807, 2.05) is 30.5 Å². The Morgan fingerprint density at radius 3 is 2.45 bits per heavy atom. The fourth-order valence-corrected chi connectivity index (χ4v) is 3.08. The average Bonchev–Trinajstić information content (AvgIpc) is 2.99. The Hall–Kier alpha value is -2.01. The molecule has 0 radical (unpaired) electrons. The summed E-state index contributed by atoms with van der Waals surface area (Å²) in [4.78, 5) is 12.3. The van der Waals surface area contributed by atoms with Gasteiger partial charge in [-0.3, -0.25) is 4.79 Å². The van der Waals surface area contributed by atoms with E-state index in [2.05, 4.69) is 16.8 Å². The maximum atomic E-state index is 12.3. The summed E-state index contributed by atoms with van der Waals surface area (Å²) in [5, 5.41) is 7.17. The van der Waals surface area contributed by atoms with E-state index in [1.54, 1.807) is 25.6 Å². The second kappa shape index (κ2) is 7.84. The number of carbonyl (C=O) groups is 1. The van der Waals surface area contributed by atoms with Crippen LogP contribution in [0.15, 0.2) is 35.0 Å². The molecule has 4 nitrogen and oxygen atoms in total. The quantitative estimate of drug-likeness (QED) is 0.853. The molecule has 1 unspecified atom stereocenters. The van der Waals surface area contributed by atoms with Gasteiger partial charge in [0.1, 0.15) is 11.5 Å². The molecule has 0 aliphatic heterocycles. The summed E-state index contributed by atoms with van der Waals surface area (Å²) in [6.07, 6.45) is 1.07. The first-order valence-electron chi connectivity index (χ1n) is 7.14. The van der Waals surface area contributed by atoms with Gasteiger partial charge in [-0.25, -0.2) is 0 Å². The first kappa shape index (κ1) is 16.4. The number of hydrogen-bond acceptors (Lipinski definition) is 4. The molecule has 0 bridgehead atoms. The van der Waals surface area contributed by atoms with Crippen molar-refractivity contribution in [3.8, 4) is 11.5 Å². The van der Waals surface area contributed by atoms with Crippen LogP contribution in [-0.4, -0.2) is 26.2 Å². The van der Waals surface area contributed by atoms with Crippen LogP contribution >= 0.6 is 11.3 Å². The molecule has 5 heteroatoms. The second-order valence-corrected chi connectivity index (χ2v) is 5.90. The lowest BCUT2D eigenvalue weighted by atomic mass is 10.1. The summed E-state index contributed by atoms with van der Waals surface area (Å²) in [5.74, 6) is 1.30. The first-order chi connectivity index (χ1) is 10.6. The predicted octanol–water partition coefficient (Wildman–Crippen LogP) is 3.06. The number of thiophene rings is 1. The van der Waals surface area contributed by atoms with E-state index in [0.717, 1.165) is 12.0 Å². The summed E-state index contributed by atoms with van der Waals surface area (Å²) in [5.41, 5.74) is 2.01. The molecule has 22 heavy (non-hydrogen) atoms. The zero-order valence-electron chi connectivity index (χ0n) is 13.1. The highest BCUT2D eigenvalue weighted by Gasteiger charge is 2.15. The van der Waals surface area contributed by atoms with Crippen LogP contribution in [-0.2, 0) is 17.6 Å². The maximum absolute atomic E-state index is 12.3. The van der Waals surface area contributed by atoms with E-state index < -0.39 is 0 Å². The number of benzene rings is 1. The average molecular weight is 319 g/mol. The van der Waals surface area contributed by atoms with Crippen molar-refractivity contribution in [1.29, 1.82) is 0 Å². The Bertz CT molecular complexity index is 588. The Balaban J connectivity index is 1.99. The molecule has 1 heterocycles. The molecule has 0 aliphatic rings. The summed E-state index contributed by atoms with van der Waals surface area (Å²) >= 11 is 1.67. The van der Waals surface area contributed by atoms with Crippen LogP contribution in [0.1, 0.15) is 18.1 Å². The molecule has 1 N–H and O–H groups in total. The van der Waals surface area contributed by atoms with E-state index in [0.29, 0.717) is 11.5 Å². The molecule has 0 spiro atoms. The highest BCUT2D eigenvalue weighted by Crippen LogP contribution is 2.28. The highest BCUT2D eigenvalue weighted by atomic mass is 32.1. The topological polar surface area (TPSA) is 47.6 Å². The zero-order valence-corrected chi connectivity index (χ0v) is 13.9. The van der Waals surface area contributed by atoms with Crippen molar-refractivity contribution in [2.24, 2.45) is 0 Å². The Morgan fingerprint density at radius 2 is 1.91 bits per heavy atom. The highest BCUT2D eigenvalue weighted by molar-refractivity contribution is 7.07. The van der Waals surface area contributed by atoms with E-state index >= 15 is 0 Å². The summed E-state index contributed by atoms with van der Waals surface area (Å²) in [7, 11) is 3.19. The van der Waals surface area contributed by atoms with E-state index in [9.17, 15) is 4.79 Å². The van der Waals surface area contributed by atoms with Gasteiger partial charge in [0, 0.05) is 11.6 Å². The number of rotatable bonds is 7. The molecule has 0 fully saturated rings. The zero-order chi connectivity index (χ0) is 15.9. The summed E-state index contributed by atoms with van der Waals surface area (Å²) < 4.78 is 10.6. The predicted molar refractivity (Wildman–Crippen MR) is 88.9 cm³/mol. The molecule has 1 aromatic carbocycles. The normalized spacial score (nSPS) is 11.8. The van der Waals surface area contributed by atoms with Crippen molar-refractivity contribution < 1.29 is 14.3 Å². The molecule has 2 aromatic rings. The monoisotopic (exact) mass is 319 g/mol. The van der Waals surface area contributed by atoms with Gasteiger partial charge in [0.2, 0.25) is 5.91 Å². The molecule has 118 valence electrons. The van der Waals surface area contributed by atoms with Crippen LogP contribution in [0.5, 0.6) is 11.5 Å². The fraction of sp³-hybridized carbons (Fsp3) is 0.353. The van der Waals surface area contributed by atoms with Crippen molar-refractivity contribution in [1.82, 2.24) is 5.32 Å². The minimum atomic E-state index is -0.0365. The van der Waals surface area contributed by atoms with Crippen LogP contribution in [0.3, 0.4) is 0 Å². The standard InChI is InChI=1S/C17H21NO3S/c1-12(9-13-7-8-22-11-13)18-17(19)10-14-15(20-2)5-4-6-16(14)21-3/h4-8,11-12H,9-10H2,1-3H3,(H,18,19). The van der Waals surface area contributed by atoms with Gasteiger partial charge < -0.3 is 14.8 Å². The largest absolute Gasteiger partial charge is 0.496 e. The first-order valence-corrected chi connectivity index (χ1v) is 8.08. The third-order valence-electron chi connectivity index (χ3n) is 3.40. The van der Waals surface area contributed by atoms with E-state index in [1.165, 1.54) is 5.56 Å². The van der Waals surface area contributed by atoms with Gasteiger partial charge in [0.15, 0.2) is 0 Å². The molecule has 2 rings (SSSR count). The van der Waals surface area contributed by atoms with Gasteiger partial charge in [0.25, 0.3) is 0 Å². The lowest BCUT2D eigenvalue weighted by molar-refractivity contribution is -0.121. The van der Waals surface area contributed by atoms with E-state index in [4.69, 9.17) is 9.47 Å². The molecule has 1 atom stereocenters. The third-order valence-corrected chi connectivity index (χ3v) is 4.13. The van der Waals surface area contributed by atoms with Crippen molar-refractivity contribution in [2.45, 2.75) is 25.8 Å². The molecule has 1 amide bonds. The van der Waals surface area contributed by atoms with Crippen molar-refractivity contribution >= 4 is 17.2 Å². The minimum absolute atomic E-state index is 0.0365. The Morgan fingerprint density at radius 1 is 1.23 bits per heavy atom. The van der Waals surface area contributed by atoms with Gasteiger partial charge in [-0.05, 0) is 47.9 Å². The van der Waals surface area contributed by atoms with Gasteiger partial charge in [0.05, 0.1) is 20.6 Å². The molecular formula is C17H21NO3S. The minimum Gasteiger partial charge on any atom is -0.496 e. The number of carbonyl (C=O) groups excluding carboxylic acids is 1. The SMILES string of the molecule is COc1cccc(OC)c1CC(=O)NC(C)Cc1ccsc1. The number of methoxy groups -OCH3 is 2. The van der Waals surface area contributed by atoms with Gasteiger partial charge in [-0.1, -0.05) is 6.07 Å². The van der Waals surface area contributed by atoms with Crippen molar-refractivity contribution in [3.63, 3.8) is 0 Å². The molecule has 0 saturated heterocycles. The van der Waals surface area contributed by atoms with Crippen LogP contribution in [0.2, 0.25) is 0 Å². The summed E-state index contributed by atoms with van der Waals surface area (Å²) in [6, 6.07) is 7.68. The number of amides is 1. The van der Waals surface area contributed by atoms with Gasteiger partial charge >= 0.3 is 0 Å². The summed E-state index contributed by atoms with van der Waals surface area (Å²) in [6.45, 7) is 2.01. The van der Waals surface area contributed by atoms with Crippen LogP contribution in [0.25, 0.3) is 0 Å². The third kappa shape index (κ3) is 4.24. The second-order valence-electron chi connectivity index (χ2n) is 5.12. The lowest BCUT2D eigenvalue weighted by Crippen LogP contribution is -2.35. The molecule has 1 aromatic heterocycles. The van der Waals surface area contributed by atoms with Crippen molar-refractivity contribution in [2.75, 3.05) is 14.2 Å². The number of nitrogens with one attached hydrogen (secondary N) is 1. The Labute approximate surface area is 135 Å². The lowest BCUT2D eigenvalue weighted by Gasteiger charge is -2.16. The maximum Gasteiger partial charge on any atom is 0.224 e. The fourth-order valence-electron chi connectivity index (χ4n) is 2.40. The van der Waals surface area contributed by atoms with Crippen LogP contribution in [0.4, 0.5) is 0 Å². The smallest absolute Gasteiger partial charge is 0.224 e. The Kier molecular flexibility index (Phi) is 5.83. The van der Waals surface area contributed by atoms with Crippen molar-refractivity contribution in [3.05, 3.63) is 46.2 Å². The van der Waals surface area contributed by atoms with Gasteiger partial charge in [-0.2, -0.15) is 11.3 Å². The number of hydrogen-bond donors (Lipinski definition) is 1.